The van der Waals surface area contributed by atoms with Crippen molar-refractivity contribution in [1.29, 1.82) is 0 Å². The molecule has 0 aliphatic carbocycles. The molecule has 3 heterocycles. The first-order valence-corrected chi connectivity index (χ1v) is 15.6. The molecule has 4 aromatic rings. The van der Waals surface area contributed by atoms with Crippen LogP contribution in [0, 0.1) is 32.6 Å². The van der Waals surface area contributed by atoms with E-state index < -0.39 is 5.54 Å². The van der Waals surface area contributed by atoms with Gasteiger partial charge in [0.05, 0.1) is 28.6 Å². The van der Waals surface area contributed by atoms with E-state index in [1.165, 1.54) is 16.2 Å². The largest absolute Gasteiger partial charge is 0.356 e. The van der Waals surface area contributed by atoms with Crippen molar-refractivity contribution >= 4 is 11.8 Å². The van der Waals surface area contributed by atoms with E-state index in [1.54, 1.807) is 24.3 Å². The maximum atomic E-state index is 12.0. The number of amides is 2. The van der Waals surface area contributed by atoms with Crippen LogP contribution in [-0.4, -0.2) is 37.2 Å². The van der Waals surface area contributed by atoms with Crippen LogP contribution in [0.2, 0.25) is 0 Å². The Bertz CT molecular complexity index is 1510. The molecule has 0 saturated carbocycles. The van der Waals surface area contributed by atoms with Crippen molar-refractivity contribution in [3.63, 3.8) is 0 Å². The average Bonchev–Trinajstić information content (AvgIpc) is 3.57. The third-order valence-electron chi connectivity index (χ3n) is 7.68. The van der Waals surface area contributed by atoms with E-state index in [-0.39, 0.29) is 11.8 Å². The van der Waals surface area contributed by atoms with Crippen LogP contribution in [0.1, 0.15) is 118 Å². The Kier molecular flexibility index (Phi) is 11.1. The third-order valence-corrected chi connectivity index (χ3v) is 7.68. The molecule has 0 fully saturated rings. The van der Waals surface area contributed by atoms with E-state index in [9.17, 15) is 9.59 Å². The van der Waals surface area contributed by atoms with Crippen molar-refractivity contribution in [2.24, 2.45) is 11.8 Å². The van der Waals surface area contributed by atoms with Gasteiger partial charge in [0.15, 0.2) is 5.76 Å². The zero-order valence-electron chi connectivity index (χ0n) is 28.6. The van der Waals surface area contributed by atoms with Crippen LogP contribution >= 0.6 is 0 Å². The fourth-order valence-electron chi connectivity index (χ4n) is 5.94. The molecule has 236 valence electrons. The van der Waals surface area contributed by atoms with Gasteiger partial charge in [-0.05, 0) is 77.5 Å². The smallest absolute Gasteiger partial charge is 0.262 e. The number of benzene rings is 2. The van der Waals surface area contributed by atoms with Crippen LogP contribution in [0.3, 0.4) is 0 Å². The van der Waals surface area contributed by atoms with Gasteiger partial charge in [-0.15, -0.1) is 0 Å². The molecule has 7 heteroatoms. The predicted molar refractivity (Wildman–Crippen MR) is 178 cm³/mol. The number of fused-ring (bicyclic) bond motifs is 1. The lowest BCUT2D eigenvalue weighted by atomic mass is 9.93. The van der Waals surface area contributed by atoms with E-state index in [0.29, 0.717) is 34.9 Å². The molecular formula is C37H50N4O3. The van der Waals surface area contributed by atoms with Crippen molar-refractivity contribution in [2.75, 3.05) is 0 Å². The van der Waals surface area contributed by atoms with Crippen molar-refractivity contribution in [2.45, 2.75) is 101 Å². The lowest BCUT2D eigenvalue weighted by Gasteiger charge is -2.29. The number of aromatic nitrogens is 3. The van der Waals surface area contributed by atoms with Crippen LogP contribution in [-0.2, 0) is 0 Å². The van der Waals surface area contributed by atoms with Gasteiger partial charge in [-0.2, -0.15) is 5.10 Å². The monoisotopic (exact) mass is 598 g/mol. The van der Waals surface area contributed by atoms with E-state index in [1.807, 2.05) is 58.0 Å². The quantitative estimate of drug-likeness (QED) is 0.214. The topological polar surface area (TPSA) is 81.2 Å². The van der Waals surface area contributed by atoms with Gasteiger partial charge in [0.2, 0.25) is 0 Å². The zero-order valence-corrected chi connectivity index (χ0v) is 28.6. The Hall–Kier alpha value is -4.00. The summed E-state index contributed by atoms with van der Waals surface area (Å²) in [6, 6.07) is 19.7. The SMILES string of the molecule is CC(C)(C)N1C(=O)c2ccccc2C1=O.Cc1cc(C)n(C(C(C)C)C(C)C)n1.Cc1noc(-c2ccccc2)c1C(C)C. The van der Waals surface area contributed by atoms with Crippen LogP contribution in [0.25, 0.3) is 11.3 Å². The highest BCUT2D eigenvalue weighted by atomic mass is 16.5. The number of nitrogens with zero attached hydrogens (tertiary/aromatic N) is 4. The van der Waals surface area contributed by atoms with Crippen LogP contribution in [0.5, 0.6) is 0 Å². The first kappa shape index (κ1) is 34.5. The molecule has 0 atom stereocenters. The number of carbonyl (C=O) groups is 2. The molecule has 1 aliphatic heterocycles. The maximum Gasteiger partial charge on any atom is 0.262 e. The zero-order chi connectivity index (χ0) is 32.9. The van der Waals surface area contributed by atoms with Gasteiger partial charge in [0.1, 0.15) is 0 Å². The molecule has 2 amide bonds. The van der Waals surface area contributed by atoms with Crippen molar-refractivity contribution in [3.05, 3.63) is 94.4 Å². The summed E-state index contributed by atoms with van der Waals surface area (Å²) in [4.78, 5) is 25.2. The van der Waals surface area contributed by atoms with Gasteiger partial charge < -0.3 is 4.52 Å². The molecule has 0 N–H and O–H groups in total. The third kappa shape index (κ3) is 7.74. The molecule has 44 heavy (non-hydrogen) atoms. The lowest BCUT2D eigenvalue weighted by molar-refractivity contribution is 0.0507. The molecule has 7 nitrogen and oxygen atoms in total. The molecule has 0 unspecified atom stereocenters. The Balaban J connectivity index is 0.000000181. The number of aryl methyl sites for hydroxylation is 3. The second-order valence-electron chi connectivity index (χ2n) is 13.5. The molecule has 0 saturated heterocycles. The lowest BCUT2D eigenvalue weighted by Crippen LogP contribution is -2.45. The van der Waals surface area contributed by atoms with Crippen molar-refractivity contribution in [3.8, 4) is 11.3 Å². The minimum absolute atomic E-state index is 0.192. The molecule has 0 bridgehead atoms. The summed E-state index contributed by atoms with van der Waals surface area (Å²) in [6.07, 6.45) is 0. The molecule has 5 rings (SSSR count). The molecule has 0 spiro atoms. The summed E-state index contributed by atoms with van der Waals surface area (Å²) >= 11 is 0. The van der Waals surface area contributed by atoms with Gasteiger partial charge in [-0.1, -0.05) is 89.2 Å². The van der Waals surface area contributed by atoms with Gasteiger partial charge in [0, 0.05) is 22.4 Å². The van der Waals surface area contributed by atoms with Crippen LogP contribution < -0.4 is 0 Å². The Morgan fingerprint density at radius 2 is 1.25 bits per heavy atom. The number of carbonyl (C=O) groups excluding carboxylic acids is 2. The Morgan fingerprint density at radius 3 is 1.66 bits per heavy atom. The fourth-order valence-corrected chi connectivity index (χ4v) is 5.94. The second kappa shape index (κ2) is 14.2. The van der Waals surface area contributed by atoms with Gasteiger partial charge in [0.25, 0.3) is 11.8 Å². The van der Waals surface area contributed by atoms with Gasteiger partial charge in [-0.3, -0.25) is 19.2 Å². The number of hydrogen-bond acceptors (Lipinski definition) is 5. The van der Waals surface area contributed by atoms with E-state index in [4.69, 9.17) is 4.52 Å². The van der Waals surface area contributed by atoms with Crippen molar-refractivity contribution in [1.82, 2.24) is 19.8 Å². The van der Waals surface area contributed by atoms with Crippen LogP contribution in [0.4, 0.5) is 0 Å². The van der Waals surface area contributed by atoms with Crippen molar-refractivity contribution < 1.29 is 14.1 Å². The highest BCUT2D eigenvalue weighted by molar-refractivity contribution is 6.21. The minimum atomic E-state index is -0.465. The predicted octanol–water partition coefficient (Wildman–Crippen LogP) is 9.21. The second-order valence-corrected chi connectivity index (χ2v) is 13.5. The summed E-state index contributed by atoms with van der Waals surface area (Å²) < 4.78 is 7.58. The summed E-state index contributed by atoms with van der Waals surface area (Å²) in [5.41, 5.74) is 6.25. The average molecular weight is 599 g/mol. The summed E-state index contributed by atoms with van der Waals surface area (Å²) in [5.74, 6) is 2.22. The first-order valence-electron chi connectivity index (χ1n) is 15.6. The number of rotatable bonds is 5. The summed E-state index contributed by atoms with van der Waals surface area (Å²) in [6.45, 7) is 25.1. The minimum Gasteiger partial charge on any atom is -0.356 e. The van der Waals surface area contributed by atoms with Gasteiger partial charge >= 0.3 is 0 Å². The first-order chi connectivity index (χ1) is 20.6. The van der Waals surface area contributed by atoms with E-state index in [0.717, 1.165) is 22.7 Å². The molecule has 1 aliphatic rings. The van der Waals surface area contributed by atoms with E-state index in [2.05, 4.69) is 76.4 Å². The highest BCUT2D eigenvalue weighted by Gasteiger charge is 2.41. The van der Waals surface area contributed by atoms with E-state index >= 15 is 0 Å². The number of hydrogen-bond donors (Lipinski definition) is 0. The Morgan fingerprint density at radius 1 is 0.750 bits per heavy atom. The summed E-state index contributed by atoms with van der Waals surface area (Å²) in [7, 11) is 0. The molecule has 2 aromatic carbocycles. The maximum absolute atomic E-state index is 12.0. The normalized spacial score (nSPS) is 13.0. The summed E-state index contributed by atoms with van der Waals surface area (Å²) in [5, 5.41) is 8.61. The molecule has 0 radical (unpaired) electrons. The molecular weight excluding hydrogens is 548 g/mol. The van der Waals surface area contributed by atoms with Gasteiger partial charge in [-0.25, -0.2) is 0 Å². The number of imide groups is 1. The van der Waals surface area contributed by atoms with Crippen LogP contribution in [0.15, 0.2) is 65.2 Å². The molecule has 2 aromatic heterocycles. The standard InChI is InChI=1S/C13H15NO.C12H22N2.C12H13NO2/c1-9(2)12-10(3)14-15-13(12)11-7-5-4-6-8-11;1-8(2)12(9(3)4)14-11(6)7-10(5)13-14;1-12(2,3)13-10(14)8-6-4-5-7-9(8)11(13)15/h4-9H,1-3H3;7-9,12H,1-6H3;4-7H,1-3H3. The highest BCUT2D eigenvalue weighted by Crippen LogP contribution is 2.32. The fraction of sp³-hybridized carbons (Fsp3) is 0.459. The Labute approximate surface area is 263 Å².